The molecule has 0 radical (unpaired) electrons. The van der Waals surface area contributed by atoms with E-state index in [9.17, 15) is 27.9 Å². The number of carbonyl (C=O) groups excluding carboxylic acids is 1. The SMILES string of the molecule is CC(O)(C(=O)NCc1cccc(=O)[nH]1)c1cccc(C(F)(F)F)c1. The van der Waals surface area contributed by atoms with E-state index in [0.717, 1.165) is 25.1 Å². The highest BCUT2D eigenvalue weighted by molar-refractivity contribution is 5.85. The average molecular weight is 340 g/mol. The first kappa shape index (κ1) is 17.7. The van der Waals surface area contributed by atoms with Gasteiger partial charge in [0.2, 0.25) is 5.56 Å². The Morgan fingerprint density at radius 2 is 1.79 bits per heavy atom. The van der Waals surface area contributed by atoms with Gasteiger partial charge < -0.3 is 15.4 Å². The Kier molecular flexibility index (Phi) is 4.79. The molecule has 1 unspecified atom stereocenters. The van der Waals surface area contributed by atoms with Crippen molar-refractivity contribution in [2.45, 2.75) is 25.2 Å². The number of aliphatic hydroxyl groups is 1. The van der Waals surface area contributed by atoms with Gasteiger partial charge in [-0.25, -0.2) is 0 Å². The number of carbonyl (C=O) groups is 1. The second kappa shape index (κ2) is 6.48. The number of halogens is 3. The lowest BCUT2D eigenvalue weighted by Gasteiger charge is -2.23. The molecule has 1 atom stereocenters. The molecule has 8 heteroatoms. The van der Waals surface area contributed by atoms with Crippen LogP contribution in [-0.2, 0) is 23.1 Å². The Balaban J connectivity index is 2.17. The number of pyridine rings is 1. The summed E-state index contributed by atoms with van der Waals surface area (Å²) in [6.07, 6.45) is -4.58. The number of H-pyrrole nitrogens is 1. The lowest BCUT2D eigenvalue weighted by atomic mass is 9.93. The molecule has 5 nitrogen and oxygen atoms in total. The maximum absolute atomic E-state index is 12.7. The highest BCUT2D eigenvalue weighted by Crippen LogP contribution is 2.32. The molecule has 0 aliphatic carbocycles. The second-order valence-electron chi connectivity index (χ2n) is 5.37. The maximum atomic E-state index is 12.7. The van der Waals surface area contributed by atoms with Gasteiger partial charge in [-0.2, -0.15) is 13.2 Å². The van der Waals surface area contributed by atoms with E-state index in [4.69, 9.17) is 0 Å². The van der Waals surface area contributed by atoms with Crippen LogP contribution in [0.25, 0.3) is 0 Å². The predicted molar refractivity (Wildman–Crippen MR) is 79.9 cm³/mol. The van der Waals surface area contributed by atoms with E-state index >= 15 is 0 Å². The van der Waals surface area contributed by atoms with Crippen LogP contribution in [0.2, 0.25) is 0 Å². The molecular weight excluding hydrogens is 325 g/mol. The number of benzene rings is 1. The monoisotopic (exact) mass is 340 g/mol. The number of aromatic amines is 1. The van der Waals surface area contributed by atoms with E-state index in [1.807, 2.05) is 0 Å². The molecule has 1 aromatic carbocycles. The zero-order valence-electron chi connectivity index (χ0n) is 12.6. The summed E-state index contributed by atoms with van der Waals surface area (Å²) in [4.78, 5) is 25.8. The van der Waals surface area contributed by atoms with Gasteiger partial charge in [0, 0.05) is 11.8 Å². The van der Waals surface area contributed by atoms with Crippen LogP contribution in [0.15, 0.2) is 47.3 Å². The first-order chi connectivity index (χ1) is 11.1. The molecule has 1 heterocycles. The van der Waals surface area contributed by atoms with Crippen LogP contribution in [0.4, 0.5) is 13.2 Å². The largest absolute Gasteiger partial charge is 0.416 e. The third-order valence-electron chi connectivity index (χ3n) is 3.46. The smallest absolute Gasteiger partial charge is 0.376 e. The zero-order chi connectivity index (χ0) is 18.0. The van der Waals surface area contributed by atoms with Crippen molar-refractivity contribution in [3.8, 4) is 0 Å². The van der Waals surface area contributed by atoms with Crippen molar-refractivity contribution in [3.63, 3.8) is 0 Å². The quantitative estimate of drug-likeness (QED) is 0.795. The number of aromatic nitrogens is 1. The van der Waals surface area contributed by atoms with Crippen LogP contribution >= 0.6 is 0 Å². The minimum Gasteiger partial charge on any atom is -0.376 e. The number of hydrogen-bond donors (Lipinski definition) is 3. The fraction of sp³-hybridized carbons (Fsp3) is 0.250. The van der Waals surface area contributed by atoms with Crippen molar-refractivity contribution in [1.82, 2.24) is 10.3 Å². The molecule has 0 saturated heterocycles. The van der Waals surface area contributed by atoms with Gasteiger partial charge in [-0.3, -0.25) is 9.59 Å². The number of rotatable bonds is 4. The highest BCUT2D eigenvalue weighted by atomic mass is 19.4. The first-order valence-corrected chi connectivity index (χ1v) is 6.97. The molecule has 0 aliphatic rings. The van der Waals surface area contributed by atoms with E-state index in [2.05, 4.69) is 10.3 Å². The molecule has 2 aromatic rings. The molecular formula is C16H15F3N2O3. The van der Waals surface area contributed by atoms with Crippen molar-refractivity contribution in [2.24, 2.45) is 0 Å². The van der Waals surface area contributed by atoms with Gasteiger partial charge in [-0.05, 0) is 30.7 Å². The van der Waals surface area contributed by atoms with Gasteiger partial charge >= 0.3 is 6.18 Å². The van der Waals surface area contributed by atoms with Crippen molar-refractivity contribution in [1.29, 1.82) is 0 Å². The molecule has 1 aromatic heterocycles. The van der Waals surface area contributed by atoms with Gasteiger partial charge in [-0.15, -0.1) is 0 Å². The topological polar surface area (TPSA) is 82.2 Å². The summed E-state index contributed by atoms with van der Waals surface area (Å²) in [6, 6.07) is 8.28. The van der Waals surface area contributed by atoms with E-state index < -0.39 is 23.2 Å². The summed E-state index contributed by atoms with van der Waals surface area (Å²) in [6.45, 7) is 1.02. The first-order valence-electron chi connectivity index (χ1n) is 6.97. The predicted octanol–water partition coefficient (Wildman–Crippen LogP) is 1.92. The average Bonchev–Trinajstić information content (AvgIpc) is 2.52. The van der Waals surface area contributed by atoms with Gasteiger partial charge in [0.1, 0.15) is 0 Å². The third kappa shape index (κ3) is 4.02. The summed E-state index contributed by atoms with van der Waals surface area (Å²) in [7, 11) is 0. The normalized spacial score (nSPS) is 14.0. The summed E-state index contributed by atoms with van der Waals surface area (Å²) in [5.41, 5.74) is -3.25. The summed E-state index contributed by atoms with van der Waals surface area (Å²) in [5.74, 6) is -0.883. The summed E-state index contributed by atoms with van der Waals surface area (Å²) in [5, 5.41) is 12.7. The molecule has 24 heavy (non-hydrogen) atoms. The fourth-order valence-corrected chi connectivity index (χ4v) is 2.07. The number of alkyl halides is 3. The minimum absolute atomic E-state index is 0.0793. The van der Waals surface area contributed by atoms with Gasteiger partial charge in [0.25, 0.3) is 5.91 Å². The van der Waals surface area contributed by atoms with E-state index in [1.165, 1.54) is 18.2 Å². The van der Waals surface area contributed by atoms with Crippen LogP contribution in [-0.4, -0.2) is 16.0 Å². The Morgan fingerprint density at radius 1 is 1.17 bits per heavy atom. The lowest BCUT2D eigenvalue weighted by molar-refractivity contribution is -0.141. The van der Waals surface area contributed by atoms with Gasteiger partial charge in [-0.1, -0.05) is 18.2 Å². The van der Waals surface area contributed by atoms with Crippen molar-refractivity contribution in [3.05, 3.63) is 69.6 Å². The Morgan fingerprint density at radius 3 is 2.42 bits per heavy atom. The van der Waals surface area contributed by atoms with E-state index in [1.54, 1.807) is 6.07 Å². The van der Waals surface area contributed by atoms with Crippen LogP contribution in [0.5, 0.6) is 0 Å². The van der Waals surface area contributed by atoms with Gasteiger partial charge in [0.15, 0.2) is 5.60 Å². The molecule has 3 N–H and O–H groups in total. The Hall–Kier alpha value is -2.61. The molecule has 0 bridgehead atoms. The number of hydrogen-bond acceptors (Lipinski definition) is 3. The molecule has 0 saturated carbocycles. The molecule has 0 spiro atoms. The van der Waals surface area contributed by atoms with Crippen LogP contribution in [0.1, 0.15) is 23.7 Å². The van der Waals surface area contributed by atoms with E-state index in [-0.39, 0.29) is 17.7 Å². The minimum atomic E-state index is -4.58. The van der Waals surface area contributed by atoms with Crippen LogP contribution < -0.4 is 10.9 Å². The van der Waals surface area contributed by atoms with Crippen molar-refractivity contribution < 1.29 is 23.1 Å². The van der Waals surface area contributed by atoms with Crippen LogP contribution in [0, 0.1) is 0 Å². The summed E-state index contributed by atoms with van der Waals surface area (Å²) >= 11 is 0. The standard InChI is InChI=1S/C16H15F3N2O3/c1-15(24,10-4-2-5-11(8-10)16(17,18)19)14(23)20-9-12-6-3-7-13(22)21-12/h2-8,24H,9H2,1H3,(H,20,23)(H,21,22). The van der Waals surface area contributed by atoms with Crippen molar-refractivity contribution >= 4 is 5.91 Å². The Bertz CT molecular complexity index is 797. The molecule has 0 fully saturated rings. The molecule has 1 amide bonds. The highest BCUT2D eigenvalue weighted by Gasteiger charge is 2.36. The van der Waals surface area contributed by atoms with Crippen molar-refractivity contribution in [2.75, 3.05) is 0 Å². The third-order valence-corrected chi connectivity index (χ3v) is 3.46. The number of nitrogens with one attached hydrogen (secondary N) is 2. The summed E-state index contributed by atoms with van der Waals surface area (Å²) < 4.78 is 38.2. The van der Waals surface area contributed by atoms with Crippen LogP contribution in [0.3, 0.4) is 0 Å². The zero-order valence-corrected chi connectivity index (χ0v) is 12.6. The Labute approximate surface area is 135 Å². The molecule has 2 rings (SSSR count). The molecule has 128 valence electrons. The van der Waals surface area contributed by atoms with Gasteiger partial charge in [0.05, 0.1) is 12.1 Å². The van der Waals surface area contributed by atoms with E-state index in [0.29, 0.717) is 5.69 Å². The molecule has 0 aliphatic heterocycles. The number of amides is 1. The lowest BCUT2D eigenvalue weighted by Crippen LogP contribution is -2.42. The maximum Gasteiger partial charge on any atom is 0.416 e. The fourth-order valence-electron chi connectivity index (χ4n) is 2.07. The second-order valence-corrected chi connectivity index (χ2v) is 5.37.